The van der Waals surface area contributed by atoms with Crippen molar-refractivity contribution in [2.45, 2.75) is 214 Å². The van der Waals surface area contributed by atoms with Crippen LogP contribution in [-0.4, -0.2) is 57.3 Å². The van der Waals surface area contributed by atoms with Crippen LogP contribution in [0.2, 0.25) is 0 Å². The van der Waals surface area contributed by atoms with Crippen LogP contribution in [0.5, 0.6) is 0 Å². The number of hydrogen-bond acceptors (Lipinski definition) is 7. The molecule has 0 aromatic carbocycles. The van der Waals surface area contributed by atoms with Crippen LogP contribution >= 0.6 is 0 Å². The molecule has 0 bridgehead atoms. The van der Waals surface area contributed by atoms with Crippen LogP contribution in [0.1, 0.15) is 184 Å². The van der Waals surface area contributed by atoms with Crippen LogP contribution in [0, 0.1) is 70.0 Å². The molecule has 7 unspecified atom stereocenters. The lowest BCUT2D eigenvalue weighted by Crippen LogP contribution is -2.59. The molecule has 0 aliphatic heterocycles. The molecule has 0 aromatic rings. The smallest absolute Gasteiger partial charge is 0.308 e. The Kier molecular flexibility index (Phi) is 15.1. The second-order valence-electron chi connectivity index (χ2n) is 21.7. The Bertz CT molecular complexity index is 1450. The number of carbonyl (C=O) groups excluding carboxylic acids is 2. The van der Waals surface area contributed by atoms with Gasteiger partial charge in [-0.2, -0.15) is 0 Å². The zero-order valence-corrected chi connectivity index (χ0v) is 37.9. The molecular formula is C51H84O7. The fourth-order valence-corrected chi connectivity index (χ4v) is 14.4. The predicted octanol–water partition coefficient (Wildman–Crippen LogP) is 10.9. The normalized spacial score (nSPS) is 41.5. The van der Waals surface area contributed by atoms with E-state index < -0.39 is 11.7 Å². The molecule has 17 atom stereocenters. The van der Waals surface area contributed by atoms with Gasteiger partial charge in [0, 0.05) is 18.3 Å². The SMILES string of the molecule is CCCCCC[C@](C)(O)C1CCC2C3C[C@H](OC(=O)CCCC(O)CC[C@@H]4C5C(=C[C@H](C)C[C@@H]5OC(=O)C(C)CC)C=C[C@@H]4C)[C@H]4C[C@@H](O)CC[C@]4(C)C3CC[C@@]21C. The number of unbranched alkanes of at least 4 members (excludes halogenated alkanes) is 3. The Morgan fingerprint density at radius 1 is 0.897 bits per heavy atom. The van der Waals surface area contributed by atoms with Crippen molar-refractivity contribution in [3.05, 3.63) is 23.8 Å². The summed E-state index contributed by atoms with van der Waals surface area (Å²) in [5.41, 5.74) is 0.747. The van der Waals surface area contributed by atoms with Gasteiger partial charge in [0.2, 0.25) is 0 Å². The average molecular weight is 809 g/mol. The molecule has 4 saturated carbocycles. The van der Waals surface area contributed by atoms with E-state index in [1.807, 2.05) is 13.8 Å². The van der Waals surface area contributed by atoms with E-state index in [-0.39, 0.29) is 64.8 Å². The molecule has 0 radical (unpaired) electrons. The zero-order valence-electron chi connectivity index (χ0n) is 37.9. The molecular weight excluding hydrogens is 725 g/mol. The Labute approximate surface area is 353 Å². The molecule has 58 heavy (non-hydrogen) atoms. The first kappa shape index (κ1) is 45.8. The monoisotopic (exact) mass is 809 g/mol. The molecule has 0 spiro atoms. The summed E-state index contributed by atoms with van der Waals surface area (Å²) in [7, 11) is 0. The summed E-state index contributed by atoms with van der Waals surface area (Å²) in [6.07, 6.45) is 23.7. The lowest BCUT2D eigenvalue weighted by molar-refractivity contribution is -0.197. The van der Waals surface area contributed by atoms with Crippen LogP contribution in [0.15, 0.2) is 23.8 Å². The third-order valence-corrected chi connectivity index (χ3v) is 17.8. The van der Waals surface area contributed by atoms with Crippen LogP contribution in [0.4, 0.5) is 0 Å². The number of rotatable bonds is 17. The van der Waals surface area contributed by atoms with E-state index in [1.54, 1.807) is 0 Å². The number of carbonyl (C=O) groups is 2. The number of fused-ring (bicyclic) bond motifs is 6. The van der Waals surface area contributed by atoms with Gasteiger partial charge in [-0.05, 0) is 161 Å². The fourth-order valence-electron chi connectivity index (χ4n) is 14.4. The highest BCUT2D eigenvalue weighted by Crippen LogP contribution is 2.69. The van der Waals surface area contributed by atoms with Gasteiger partial charge in [-0.3, -0.25) is 9.59 Å². The number of esters is 2. The van der Waals surface area contributed by atoms with Gasteiger partial charge < -0.3 is 24.8 Å². The highest BCUT2D eigenvalue weighted by Gasteiger charge is 2.64. The van der Waals surface area contributed by atoms with Gasteiger partial charge in [0.1, 0.15) is 12.2 Å². The van der Waals surface area contributed by atoms with Crippen LogP contribution in [0.25, 0.3) is 0 Å². The first-order chi connectivity index (χ1) is 27.5. The van der Waals surface area contributed by atoms with E-state index in [0.717, 1.165) is 70.6 Å². The lowest BCUT2D eigenvalue weighted by atomic mass is 9.43. The Morgan fingerprint density at radius 3 is 2.38 bits per heavy atom. The summed E-state index contributed by atoms with van der Waals surface area (Å²) in [5, 5.41) is 34.1. The quantitative estimate of drug-likeness (QED) is 0.0990. The third-order valence-electron chi connectivity index (χ3n) is 17.8. The van der Waals surface area contributed by atoms with Gasteiger partial charge in [-0.1, -0.05) is 92.4 Å². The minimum Gasteiger partial charge on any atom is -0.462 e. The van der Waals surface area contributed by atoms with E-state index >= 15 is 0 Å². The van der Waals surface area contributed by atoms with Crippen molar-refractivity contribution in [3.63, 3.8) is 0 Å². The van der Waals surface area contributed by atoms with Gasteiger partial charge in [0.05, 0.1) is 23.7 Å². The summed E-state index contributed by atoms with van der Waals surface area (Å²) in [5.74, 6) is 2.73. The Balaban J connectivity index is 1.05. The van der Waals surface area contributed by atoms with Crippen molar-refractivity contribution < 1.29 is 34.4 Å². The Hall–Kier alpha value is -1.70. The Morgan fingerprint density at radius 2 is 1.64 bits per heavy atom. The minimum absolute atomic E-state index is 0.0355. The summed E-state index contributed by atoms with van der Waals surface area (Å²) in [6, 6.07) is 0. The van der Waals surface area contributed by atoms with Gasteiger partial charge in [0.25, 0.3) is 0 Å². The first-order valence-electron chi connectivity index (χ1n) is 24.4. The van der Waals surface area contributed by atoms with Crippen molar-refractivity contribution in [1.29, 1.82) is 0 Å². The standard InChI is InChI=1S/C51H84O7/c1-9-11-12-13-25-51(8,56)45-22-21-40-39-31-43(42-30-37(53)23-26-49(42,6)41(39)24-27-50(40,45)7)57-46(54)16-14-15-36(52)19-20-38-34(5)17-18-35-28-32(3)29-44(47(35)38)58-48(55)33(4)10-2/h17-18,28,32-34,36-45,47,52-53,56H,9-16,19-27,29-31H2,1-8H3/t32-,33?,34-,36?,37-,38-,39?,40?,41?,42+,43-,44-,45?,47?,49+,50-,51-/m0/s1. The maximum atomic E-state index is 13.7. The molecule has 7 heteroatoms. The van der Waals surface area contributed by atoms with Crippen molar-refractivity contribution in [2.75, 3.05) is 0 Å². The summed E-state index contributed by atoms with van der Waals surface area (Å²) >= 11 is 0. The van der Waals surface area contributed by atoms with Gasteiger partial charge >= 0.3 is 11.9 Å². The van der Waals surface area contributed by atoms with Crippen LogP contribution in [0.3, 0.4) is 0 Å². The summed E-state index contributed by atoms with van der Waals surface area (Å²) in [6.45, 7) is 17.7. The van der Waals surface area contributed by atoms with E-state index in [0.29, 0.717) is 67.6 Å². The predicted molar refractivity (Wildman–Crippen MR) is 231 cm³/mol. The third kappa shape index (κ3) is 9.67. The van der Waals surface area contributed by atoms with Gasteiger partial charge in [0.15, 0.2) is 0 Å². The molecule has 0 amide bonds. The molecule has 0 heterocycles. The summed E-state index contributed by atoms with van der Waals surface area (Å²) in [4.78, 5) is 26.6. The van der Waals surface area contributed by atoms with Gasteiger partial charge in [-0.25, -0.2) is 0 Å². The number of aliphatic hydroxyl groups excluding tert-OH is 2. The van der Waals surface area contributed by atoms with Crippen molar-refractivity contribution >= 4 is 11.9 Å². The maximum Gasteiger partial charge on any atom is 0.308 e. The van der Waals surface area contributed by atoms with E-state index in [2.05, 4.69) is 59.8 Å². The number of ether oxygens (including phenoxy) is 2. The molecule has 6 rings (SSSR count). The second-order valence-corrected chi connectivity index (χ2v) is 21.7. The van der Waals surface area contributed by atoms with Crippen molar-refractivity contribution in [2.24, 2.45) is 70.0 Å². The van der Waals surface area contributed by atoms with E-state index in [9.17, 15) is 24.9 Å². The molecule has 6 aliphatic carbocycles. The molecule has 4 fully saturated rings. The average Bonchev–Trinajstić information content (AvgIpc) is 3.55. The number of hydrogen-bond donors (Lipinski definition) is 3. The second kappa shape index (κ2) is 19.1. The minimum atomic E-state index is -0.652. The molecule has 3 N–H and O–H groups in total. The topological polar surface area (TPSA) is 113 Å². The molecule has 0 saturated heterocycles. The number of allylic oxidation sites excluding steroid dienone is 3. The molecule has 0 aromatic heterocycles. The largest absolute Gasteiger partial charge is 0.462 e. The van der Waals surface area contributed by atoms with Crippen LogP contribution in [-0.2, 0) is 19.1 Å². The number of aliphatic hydroxyl groups is 3. The first-order valence-corrected chi connectivity index (χ1v) is 24.4. The van der Waals surface area contributed by atoms with Crippen molar-refractivity contribution in [1.82, 2.24) is 0 Å². The van der Waals surface area contributed by atoms with E-state index in [4.69, 9.17) is 9.47 Å². The van der Waals surface area contributed by atoms with E-state index in [1.165, 1.54) is 31.3 Å². The molecule has 330 valence electrons. The van der Waals surface area contributed by atoms with Crippen molar-refractivity contribution in [3.8, 4) is 0 Å². The fraction of sp³-hybridized carbons (Fsp3) is 0.882. The van der Waals surface area contributed by atoms with Gasteiger partial charge in [-0.15, -0.1) is 0 Å². The highest BCUT2D eigenvalue weighted by atomic mass is 16.5. The molecule has 6 aliphatic rings. The summed E-state index contributed by atoms with van der Waals surface area (Å²) < 4.78 is 12.7. The zero-order chi connectivity index (χ0) is 42.0. The molecule has 7 nitrogen and oxygen atoms in total. The lowest BCUT2D eigenvalue weighted by Gasteiger charge is -2.63. The van der Waals surface area contributed by atoms with Crippen LogP contribution < -0.4 is 0 Å². The maximum absolute atomic E-state index is 13.7. The highest BCUT2D eigenvalue weighted by molar-refractivity contribution is 5.72.